The van der Waals surface area contributed by atoms with E-state index in [0.717, 1.165) is 12.1 Å². The molecule has 0 saturated heterocycles. The highest BCUT2D eigenvalue weighted by Crippen LogP contribution is 2.23. The van der Waals surface area contributed by atoms with Gasteiger partial charge in [-0.25, -0.2) is 18.7 Å². The van der Waals surface area contributed by atoms with Crippen molar-refractivity contribution >= 4 is 22.5 Å². The van der Waals surface area contributed by atoms with Crippen molar-refractivity contribution in [3.8, 4) is 0 Å². The monoisotopic (exact) mass is 228 g/mol. The Labute approximate surface area is 89.9 Å². The van der Waals surface area contributed by atoms with Crippen molar-refractivity contribution in [2.24, 2.45) is 0 Å². The predicted octanol–water partition coefficient (Wildman–Crippen LogP) is 3.12. The van der Waals surface area contributed by atoms with Crippen molar-refractivity contribution in [3.63, 3.8) is 0 Å². The summed E-state index contributed by atoms with van der Waals surface area (Å²) >= 11 is 5.83. The Morgan fingerprint density at radius 3 is 2.53 bits per heavy atom. The number of hydrogen-bond donors (Lipinski definition) is 0. The third-order valence-electron chi connectivity index (χ3n) is 2.05. The van der Waals surface area contributed by atoms with E-state index in [1.807, 2.05) is 6.92 Å². The van der Waals surface area contributed by atoms with Gasteiger partial charge in [0, 0.05) is 17.9 Å². The van der Waals surface area contributed by atoms with E-state index in [1.165, 1.54) is 0 Å². The van der Waals surface area contributed by atoms with E-state index in [9.17, 15) is 8.78 Å². The van der Waals surface area contributed by atoms with Crippen molar-refractivity contribution < 1.29 is 8.78 Å². The molecular weight excluding hydrogens is 222 g/mol. The van der Waals surface area contributed by atoms with Gasteiger partial charge in [-0.3, -0.25) is 0 Å². The van der Waals surface area contributed by atoms with Crippen LogP contribution in [0.2, 0.25) is 5.15 Å². The summed E-state index contributed by atoms with van der Waals surface area (Å²) in [5, 5.41) is 0.475. The van der Waals surface area contributed by atoms with Crippen molar-refractivity contribution in [2.75, 3.05) is 0 Å². The summed E-state index contributed by atoms with van der Waals surface area (Å²) in [5.74, 6) is -1.37. The molecule has 0 aliphatic heterocycles. The minimum Gasteiger partial charge on any atom is -0.233 e. The molecule has 5 heteroatoms. The molecule has 0 fully saturated rings. The Bertz CT molecular complexity index is 528. The first-order chi connectivity index (χ1) is 7.11. The number of benzene rings is 1. The van der Waals surface area contributed by atoms with Crippen LogP contribution in [0, 0.1) is 11.6 Å². The van der Waals surface area contributed by atoms with E-state index in [4.69, 9.17) is 11.6 Å². The van der Waals surface area contributed by atoms with Crippen LogP contribution in [0.15, 0.2) is 12.1 Å². The zero-order chi connectivity index (χ0) is 11.0. The molecule has 0 unspecified atom stereocenters. The van der Waals surface area contributed by atoms with E-state index in [0.29, 0.717) is 23.1 Å². The van der Waals surface area contributed by atoms with E-state index < -0.39 is 11.6 Å². The fourth-order valence-electron chi connectivity index (χ4n) is 1.29. The van der Waals surface area contributed by atoms with Gasteiger partial charge in [0.2, 0.25) is 0 Å². The SMILES string of the molecule is CCc1nc(Cl)c2cc(F)c(F)cc2n1. The first-order valence-electron chi connectivity index (χ1n) is 4.43. The third-order valence-corrected chi connectivity index (χ3v) is 2.34. The van der Waals surface area contributed by atoms with Gasteiger partial charge in [0.15, 0.2) is 11.6 Å². The molecule has 78 valence electrons. The maximum Gasteiger partial charge on any atom is 0.161 e. The molecule has 2 rings (SSSR count). The van der Waals surface area contributed by atoms with E-state index in [2.05, 4.69) is 9.97 Å². The van der Waals surface area contributed by atoms with Crippen molar-refractivity contribution in [1.82, 2.24) is 9.97 Å². The van der Waals surface area contributed by atoms with Crippen LogP contribution in [0.3, 0.4) is 0 Å². The summed E-state index contributed by atoms with van der Waals surface area (Å²) < 4.78 is 25.9. The Morgan fingerprint density at radius 2 is 1.87 bits per heavy atom. The van der Waals surface area contributed by atoms with Gasteiger partial charge in [0.05, 0.1) is 5.52 Å². The summed E-state index contributed by atoms with van der Waals surface area (Å²) in [5.41, 5.74) is 0.325. The molecule has 0 bridgehead atoms. The van der Waals surface area contributed by atoms with Crippen LogP contribution in [-0.2, 0) is 6.42 Å². The molecule has 0 amide bonds. The molecule has 1 heterocycles. The van der Waals surface area contributed by atoms with Crippen LogP contribution < -0.4 is 0 Å². The molecule has 0 aliphatic rings. The fraction of sp³-hybridized carbons (Fsp3) is 0.200. The first kappa shape index (κ1) is 10.2. The predicted molar refractivity (Wildman–Crippen MR) is 53.8 cm³/mol. The lowest BCUT2D eigenvalue weighted by Gasteiger charge is -2.03. The molecule has 15 heavy (non-hydrogen) atoms. The van der Waals surface area contributed by atoms with Gasteiger partial charge >= 0.3 is 0 Å². The summed E-state index contributed by atoms with van der Waals surface area (Å²) in [7, 11) is 0. The summed E-state index contributed by atoms with van der Waals surface area (Å²) in [6.45, 7) is 1.86. The number of rotatable bonds is 1. The number of aryl methyl sites for hydroxylation is 1. The molecule has 2 aromatic rings. The van der Waals surface area contributed by atoms with Gasteiger partial charge in [-0.05, 0) is 6.07 Å². The highest BCUT2D eigenvalue weighted by atomic mass is 35.5. The zero-order valence-corrected chi connectivity index (χ0v) is 8.65. The minimum atomic E-state index is -0.947. The van der Waals surface area contributed by atoms with Crippen LogP contribution in [0.4, 0.5) is 8.78 Å². The van der Waals surface area contributed by atoms with Crippen LogP contribution in [-0.4, -0.2) is 9.97 Å². The van der Waals surface area contributed by atoms with E-state index >= 15 is 0 Å². The summed E-state index contributed by atoms with van der Waals surface area (Å²) in [6.07, 6.45) is 0.592. The van der Waals surface area contributed by atoms with Crippen molar-refractivity contribution in [1.29, 1.82) is 0 Å². The first-order valence-corrected chi connectivity index (χ1v) is 4.80. The van der Waals surface area contributed by atoms with Crippen molar-refractivity contribution in [3.05, 3.63) is 34.7 Å². The lowest BCUT2D eigenvalue weighted by atomic mass is 10.2. The van der Waals surface area contributed by atoms with Crippen LogP contribution in [0.1, 0.15) is 12.7 Å². The Balaban J connectivity index is 2.80. The smallest absolute Gasteiger partial charge is 0.161 e. The molecule has 0 aliphatic carbocycles. The van der Waals surface area contributed by atoms with E-state index in [-0.39, 0.29) is 5.15 Å². The second-order valence-corrected chi connectivity index (χ2v) is 3.43. The lowest BCUT2D eigenvalue weighted by Crippen LogP contribution is -1.96. The topological polar surface area (TPSA) is 25.8 Å². The fourth-order valence-corrected chi connectivity index (χ4v) is 1.54. The lowest BCUT2D eigenvalue weighted by molar-refractivity contribution is 0.510. The van der Waals surface area contributed by atoms with Gasteiger partial charge in [-0.1, -0.05) is 18.5 Å². The molecule has 0 N–H and O–H groups in total. The average molecular weight is 229 g/mol. The maximum atomic E-state index is 12.9. The number of aromatic nitrogens is 2. The molecular formula is C10H7ClF2N2. The molecule has 2 nitrogen and oxygen atoms in total. The number of hydrogen-bond acceptors (Lipinski definition) is 2. The standard InChI is InChI=1S/C10H7ClF2N2/c1-2-9-14-8-4-7(13)6(12)3-5(8)10(11)15-9/h3-4H,2H2,1H3. The molecule has 0 saturated carbocycles. The maximum absolute atomic E-state index is 12.9. The van der Waals surface area contributed by atoms with Gasteiger partial charge in [0.25, 0.3) is 0 Å². The molecule has 0 spiro atoms. The molecule has 1 aromatic carbocycles. The van der Waals surface area contributed by atoms with Crippen LogP contribution in [0.5, 0.6) is 0 Å². The highest BCUT2D eigenvalue weighted by molar-refractivity contribution is 6.34. The second kappa shape index (κ2) is 3.70. The quantitative estimate of drug-likeness (QED) is 0.701. The Morgan fingerprint density at radius 1 is 1.20 bits per heavy atom. The van der Waals surface area contributed by atoms with Gasteiger partial charge in [-0.15, -0.1) is 0 Å². The number of halogens is 3. The van der Waals surface area contributed by atoms with Gasteiger partial charge < -0.3 is 0 Å². The Hall–Kier alpha value is -1.29. The molecule has 0 atom stereocenters. The minimum absolute atomic E-state index is 0.149. The highest BCUT2D eigenvalue weighted by Gasteiger charge is 2.09. The van der Waals surface area contributed by atoms with Gasteiger partial charge in [-0.2, -0.15) is 0 Å². The molecule has 1 aromatic heterocycles. The molecule has 0 radical (unpaired) electrons. The zero-order valence-electron chi connectivity index (χ0n) is 7.89. The van der Waals surface area contributed by atoms with Gasteiger partial charge in [0.1, 0.15) is 11.0 Å². The number of fused-ring (bicyclic) bond motifs is 1. The third kappa shape index (κ3) is 1.77. The summed E-state index contributed by atoms with van der Waals surface area (Å²) in [4.78, 5) is 8.01. The van der Waals surface area contributed by atoms with Crippen LogP contribution in [0.25, 0.3) is 10.9 Å². The van der Waals surface area contributed by atoms with Crippen LogP contribution >= 0.6 is 11.6 Å². The van der Waals surface area contributed by atoms with E-state index in [1.54, 1.807) is 0 Å². The Kier molecular flexibility index (Phi) is 2.52. The number of nitrogens with zero attached hydrogens (tertiary/aromatic N) is 2. The average Bonchev–Trinajstić information content (AvgIpc) is 2.21. The second-order valence-electron chi connectivity index (χ2n) is 3.07. The largest absolute Gasteiger partial charge is 0.233 e. The summed E-state index contributed by atoms with van der Waals surface area (Å²) in [6, 6.07) is 2.03. The van der Waals surface area contributed by atoms with Crippen molar-refractivity contribution in [2.45, 2.75) is 13.3 Å². The normalized spacial score (nSPS) is 10.9.